The Labute approximate surface area is 160 Å². The zero-order valence-corrected chi connectivity index (χ0v) is 16.2. The Morgan fingerprint density at radius 2 is 1.78 bits per heavy atom. The van der Waals surface area contributed by atoms with E-state index in [1.165, 1.54) is 5.69 Å². The van der Waals surface area contributed by atoms with Gasteiger partial charge in [0.25, 0.3) is 5.91 Å². The molecule has 1 amide bonds. The Balaban J connectivity index is 1.66. The van der Waals surface area contributed by atoms with E-state index in [-0.39, 0.29) is 5.91 Å². The summed E-state index contributed by atoms with van der Waals surface area (Å²) < 4.78 is 5.22. The van der Waals surface area contributed by atoms with Crippen molar-refractivity contribution in [3.8, 4) is 5.75 Å². The normalized spacial score (nSPS) is 14.2. The van der Waals surface area contributed by atoms with E-state index >= 15 is 0 Å². The minimum absolute atomic E-state index is 0.138. The molecule has 0 unspecified atom stereocenters. The zero-order valence-electron chi connectivity index (χ0n) is 16.2. The van der Waals surface area contributed by atoms with Crippen LogP contribution in [0.3, 0.4) is 0 Å². The van der Waals surface area contributed by atoms with Gasteiger partial charge in [-0.3, -0.25) is 4.79 Å². The summed E-state index contributed by atoms with van der Waals surface area (Å²) in [5, 5.41) is 2.88. The number of rotatable bonds is 6. The van der Waals surface area contributed by atoms with Gasteiger partial charge in [0.1, 0.15) is 23.1 Å². The van der Waals surface area contributed by atoms with Crippen LogP contribution in [0, 0.1) is 6.92 Å². The number of ether oxygens (including phenoxy) is 1. The van der Waals surface area contributed by atoms with Gasteiger partial charge in [0, 0.05) is 44.5 Å². The van der Waals surface area contributed by atoms with Crippen LogP contribution >= 0.6 is 0 Å². The van der Waals surface area contributed by atoms with Crippen LogP contribution in [0.4, 0.5) is 11.5 Å². The van der Waals surface area contributed by atoms with Crippen molar-refractivity contribution in [2.75, 3.05) is 49.6 Å². The minimum Gasteiger partial charge on any atom is -0.497 e. The van der Waals surface area contributed by atoms with E-state index in [1.807, 2.05) is 26.0 Å². The Morgan fingerprint density at radius 3 is 2.41 bits per heavy atom. The number of amides is 1. The Morgan fingerprint density at radius 1 is 1.11 bits per heavy atom. The molecule has 2 aromatic rings. The van der Waals surface area contributed by atoms with Crippen LogP contribution in [-0.2, 0) is 0 Å². The summed E-state index contributed by atoms with van der Waals surface area (Å²) >= 11 is 0. The molecular weight excluding hydrogens is 342 g/mol. The average molecular weight is 369 g/mol. The van der Waals surface area contributed by atoms with Crippen molar-refractivity contribution >= 4 is 17.4 Å². The lowest BCUT2D eigenvalue weighted by molar-refractivity contribution is 0.0948. The van der Waals surface area contributed by atoms with E-state index in [0.29, 0.717) is 18.1 Å². The molecule has 27 heavy (non-hydrogen) atoms. The van der Waals surface area contributed by atoms with E-state index < -0.39 is 0 Å². The van der Waals surface area contributed by atoms with Gasteiger partial charge in [0.15, 0.2) is 0 Å². The molecular formula is C20H27N5O2. The number of aromatic nitrogens is 2. The van der Waals surface area contributed by atoms with Crippen LogP contribution < -0.4 is 19.9 Å². The summed E-state index contributed by atoms with van der Waals surface area (Å²) in [5.74, 6) is 2.16. The molecule has 1 aromatic heterocycles. The molecule has 7 nitrogen and oxygen atoms in total. The van der Waals surface area contributed by atoms with E-state index in [1.54, 1.807) is 13.2 Å². The fourth-order valence-corrected chi connectivity index (χ4v) is 3.15. The van der Waals surface area contributed by atoms with Crippen LogP contribution in [0.15, 0.2) is 30.3 Å². The molecule has 3 rings (SSSR count). The second-order valence-corrected chi connectivity index (χ2v) is 6.59. The summed E-state index contributed by atoms with van der Waals surface area (Å²) in [6, 6.07) is 9.92. The molecule has 144 valence electrons. The summed E-state index contributed by atoms with van der Waals surface area (Å²) in [6.07, 6.45) is 0.899. The number of anilines is 2. The van der Waals surface area contributed by atoms with Gasteiger partial charge in [-0.15, -0.1) is 0 Å². The van der Waals surface area contributed by atoms with Crippen LogP contribution in [0.1, 0.15) is 29.7 Å². The standard InChI is InChI=1S/C20H27N5O2/c1-4-9-21-20(26)18-14-19(23-15(2)22-18)25-12-10-24(11-13-25)16-5-7-17(27-3)8-6-16/h5-8,14H,4,9-13H2,1-3H3,(H,21,26). The molecule has 1 saturated heterocycles. The van der Waals surface area contributed by atoms with E-state index in [9.17, 15) is 4.79 Å². The number of nitrogens with zero attached hydrogens (tertiary/aromatic N) is 4. The van der Waals surface area contributed by atoms with Gasteiger partial charge in [-0.25, -0.2) is 9.97 Å². The smallest absolute Gasteiger partial charge is 0.270 e. The van der Waals surface area contributed by atoms with Gasteiger partial charge in [0.2, 0.25) is 0 Å². The number of hydrogen-bond donors (Lipinski definition) is 1. The van der Waals surface area contributed by atoms with Gasteiger partial charge in [-0.1, -0.05) is 6.92 Å². The molecule has 7 heteroatoms. The predicted octanol–water partition coefficient (Wildman–Crippen LogP) is 2.26. The lowest BCUT2D eigenvalue weighted by Gasteiger charge is -2.36. The van der Waals surface area contributed by atoms with Crippen LogP contribution in [0.25, 0.3) is 0 Å². The lowest BCUT2D eigenvalue weighted by Crippen LogP contribution is -2.47. The number of carbonyl (C=O) groups is 1. The van der Waals surface area contributed by atoms with E-state index in [2.05, 4.69) is 37.2 Å². The van der Waals surface area contributed by atoms with Gasteiger partial charge in [-0.2, -0.15) is 0 Å². The van der Waals surface area contributed by atoms with Crippen LogP contribution in [0.2, 0.25) is 0 Å². The zero-order chi connectivity index (χ0) is 19.2. The van der Waals surface area contributed by atoms with Crippen molar-refractivity contribution in [3.05, 3.63) is 41.9 Å². The first-order valence-corrected chi connectivity index (χ1v) is 9.38. The quantitative estimate of drug-likeness (QED) is 0.842. The van der Waals surface area contributed by atoms with Crippen molar-refractivity contribution < 1.29 is 9.53 Å². The Bertz CT molecular complexity index is 770. The number of nitrogens with one attached hydrogen (secondary N) is 1. The van der Waals surface area contributed by atoms with Crippen molar-refractivity contribution in [2.24, 2.45) is 0 Å². The summed E-state index contributed by atoms with van der Waals surface area (Å²) in [5.41, 5.74) is 1.62. The van der Waals surface area contributed by atoms with Gasteiger partial charge >= 0.3 is 0 Å². The van der Waals surface area contributed by atoms with Crippen molar-refractivity contribution in [1.29, 1.82) is 0 Å². The number of aryl methyl sites for hydroxylation is 1. The molecule has 1 aliphatic heterocycles. The first kappa shape index (κ1) is 18.9. The summed E-state index contributed by atoms with van der Waals surface area (Å²) in [6.45, 7) is 7.99. The number of carbonyl (C=O) groups excluding carboxylic acids is 1. The molecule has 1 N–H and O–H groups in total. The molecule has 0 aliphatic carbocycles. The second-order valence-electron chi connectivity index (χ2n) is 6.59. The maximum absolute atomic E-state index is 12.2. The minimum atomic E-state index is -0.138. The van der Waals surface area contributed by atoms with E-state index in [0.717, 1.165) is 44.2 Å². The Hall–Kier alpha value is -2.83. The second kappa shape index (κ2) is 8.70. The van der Waals surface area contributed by atoms with Crippen molar-refractivity contribution in [1.82, 2.24) is 15.3 Å². The topological polar surface area (TPSA) is 70.6 Å². The fourth-order valence-electron chi connectivity index (χ4n) is 3.15. The lowest BCUT2D eigenvalue weighted by atomic mass is 10.2. The SMILES string of the molecule is CCCNC(=O)c1cc(N2CCN(c3ccc(OC)cc3)CC2)nc(C)n1. The summed E-state index contributed by atoms with van der Waals surface area (Å²) in [4.78, 5) is 25.6. The molecule has 0 bridgehead atoms. The molecule has 0 atom stereocenters. The molecule has 1 fully saturated rings. The highest BCUT2D eigenvalue weighted by Crippen LogP contribution is 2.22. The molecule has 1 aliphatic rings. The predicted molar refractivity (Wildman–Crippen MR) is 107 cm³/mol. The van der Waals surface area contributed by atoms with E-state index in [4.69, 9.17) is 4.74 Å². The van der Waals surface area contributed by atoms with Crippen LogP contribution in [0.5, 0.6) is 5.75 Å². The van der Waals surface area contributed by atoms with Crippen molar-refractivity contribution in [3.63, 3.8) is 0 Å². The number of methoxy groups -OCH3 is 1. The van der Waals surface area contributed by atoms with Gasteiger partial charge in [0.05, 0.1) is 7.11 Å². The highest BCUT2D eigenvalue weighted by atomic mass is 16.5. The number of piperazine rings is 1. The molecule has 0 spiro atoms. The average Bonchev–Trinajstić information content (AvgIpc) is 2.71. The van der Waals surface area contributed by atoms with Gasteiger partial charge in [-0.05, 0) is 37.6 Å². The Kier molecular flexibility index (Phi) is 6.11. The molecule has 0 saturated carbocycles. The third-order valence-electron chi connectivity index (χ3n) is 4.63. The maximum Gasteiger partial charge on any atom is 0.270 e. The largest absolute Gasteiger partial charge is 0.497 e. The van der Waals surface area contributed by atoms with Crippen LogP contribution in [-0.4, -0.2) is 55.7 Å². The highest BCUT2D eigenvalue weighted by Gasteiger charge is 2.20. The monoisotopic (exact) mass is 369 g/mol. The third-order valence-corrected chi connectivity index (χ3v) is 4.63. The molecule has 1 aromatic carbocycles. The summed E-state index contributed by atoms with van der Waals surface area (Å²) in [7, 11) is 1.67. The number of hydrogen-bond acceptors (Lipinski definition) is 6. The first-order valence-electron chi connectivity index (χ1n) is 9.38. The maximum atomic E-state index is 12.2. The first-order chi connectivity index (χ1) is 13.1. The third kappa shape index (κ3) is 4.67. The highest BCUT2D eigenvalue weighted by molar-refractivity contribution is 5.92. The fraction of sp³-hybridized carbons (Fsp3) is 0.450. The van der Waals surface area contributed by atoms with Gasteiger partial charge < -0.3 is 19.9 Å². The molecule has 2 heterocycles. The number of benzene rings is 1. The molecule has 0 radical (unpaired) electrons. The van der Waals surface area contributed by atoms with Crippen molar-refractivity contribution in [2.45, 2.75) is 20.3 Å².